The van der Waals surface area contributed by atoms with Gasteiger partial charge in [0.15, 0.2) is 6.29 Å². The second-order valence-corrected chi connectivity index (χ2v) is 7.92. The smallest absolute Gasteiger partial charge is 0.486 e. The van der Waals surface area contributed by atoms with Gasteiger partial charge in [-0.15, -0.1) is 13.2 Å². The summed E-state index contributed by atoms with van der Waals surface area (Å²) in [4.78, 5) is 49.1. The normalized spacial score (nSPS) is 12.1. The van der Waals surface area contributed by atoms with Gasteiger partial charge in [-0.05, 0) is 42.8 Å². The lowest BCUT2D eigenvalue weighted by atomic mass is 10.0. The van der Waals surface area contributed by atoms with E-state index in [-0.39, 0.29) is 47.9 Å². The molecule has 39 heavy (non-hydrogen) atoms. The molecule has 0 saturated carbocycles. The van der Waals surface area contributed by atoms with Crippen LogP contribution in [-0.2, 0) is 9.59 Å². The molecule has 0 fully saturated rings. The second-order valence-electron chi connectivity index (χ2n) is 7.92. The first-order chi connectivity index (χ1) is 18.5. The van der Waals surface area contributed by atoms with Gasteiger partial charge in [0.25, 0.3) is 5.91 Å². The van der Waals surface area contributed by atoms with E-state index in [0.29, 0.717) is 18.3 Å². The minimum atomic E-state index is -4.82. The molecule has 11 nitrogen and oxygen atoms in total. The highest BCUT2D eigenvalue weighted by atomic mass is 19.4. The number of carbonyl (C=O) groups excluding carboxylic acids is 4. The minimum Gasteiger partial charge on any atom is -0.486 e. The Balaban J connectivity index is 2.12. The van der Waals surface area contributed by atoms with Crippen LogP contribution in [0.15, 0.2) is 59.5 Å². The first-order valence-corrected chi connectivity index (χ1v) is 11.4. The van der Waals surface area contributed by atoms with Crippen molar-refractivity contribution in [3.63, 3.8) is 0 Å². The van der Waals surface area contributed by atoms with Crippen molar-refractivity contribution in [2.24, 2.45) is 5.11 Å². The number of carbonyl (C=O) groups is 4. The van der Waals surface area contributed by atoms with E-state index in [4.69, 9.17) is 10.3 Å². The maximum Gasteiger partial charge on any atom is 0.573 e. The number of nitrogens with one attached hydrogen (secondary N) is 3. The molecule has 0 radical (unpaired) electrons. The van der Waals surface area contributed by atoms with E-state index in [1.807, 2.05) is 0 Å². The highest BCUT2D eigenvalue weighted by molar-refractivity contribution is 6.03. The molecule has 2 aromatic rings. The molecular weight excluding hydrogens is 523 g/mol. The summed E-state index contributed by atoms with van der Waals surface area (Å²) in [6, 6.07) is 8.20. The first kappa shape index (κ1) is 30.5. The van der Waals surface area contributed by atoms with Gasteiger partial charge in [-0.1, -0.05) is 6.07 Å². The monoisotopic (exact) mass is 549 g/mol. The molecule has 2 aromatic carbocycles. The van der Waals surface area contributed by atoms with Crippen LogP contribution in [0.25, 0.3) is 0 Å². The number of ether oxygens (including phenoxy) is 2. The Morgan fingerprint density at radius 1 is 1.15 bits per heavy atom. The topological polar surface area (TPSA) is 150 Å². The SMILES string of the molecule is CNC(=O)CCC(C=O)N(C)C(=O)c1cccc(OC/C(=C/Nc2ccc(OC(F)(F)F)cc2)N=N)c1C=O. The van der Waals surface area contributed by atoms with Gasteiger partial charge in [-0.25, -0.2) is 5.53 Å². The number of nitrogens with zero attached hydrogens (tertiary/aromatic N) is 2. The van der Waals surface area contributed by atoms with Crippen molar-refractivity contribution in [2.45, 2.75) is 25.2 Å². The lowest BCUT2D eigenvalue weighted by Crippen LogP contribution is -2.39. The molecule has 2 rings (SSSR count). The van der Waals surface area contributed by atoms with Crippen molar-refractivity contribution in [1.29, 1.82) is 5.53 Å². The number of hydrogen-bond acceptors (Lipinski definition) is 9. The number of amides is 2. The number of rotatable bonds is 14. The molecule has 1 unspecified atom stereocenters. The van der Waals surface area contributed by atoms with Crippen molar-refractivity contribution >= 4 is 30.1 Å². The fourth-order valence-electron chi connectivity index (χ4n) is 3.25. The maximum atomic E-state index is 13.1. The molecule has 1 atom stereocenters. The Kier molecular flexibility index (Phi) is 11.1. The van der Waals surface area contributed by atoms with Gasteiger partial charge < -0.3 is 29.8 Å². The van der Waals surface area contributed by atoms with Crippen molar-refractivity contribution in [2.75, 3.05) is 26.0 Å². The van der Waals surface area contributed by atoms with Crippen LogP contribution in [0.5, 0.6) is 11.5 Å². The van der Waals surface area contributed by atoms with Crippen LogP contribution in [0.4, 0.5) is 18.9 Å². The third-order valence-corrected chi connectivity index (χ3v) is 5.35. The zero-order valence-corrected chi connectivity index (χ0v) is 20.9. The highest BCUT2D eigenvalue weighted by Crippen LogP contribution is 2.25. The number of aldehydes is 2. The van der Waals surface area contributed by atoms with Crippen LogP contribution in [0.2, 0.25) is 0 Å². The summed E-state index contributed by atoms with van der Waals surface area (Å²) in [6.45, 7) is -0.302. The van der Waals surface area contributed by atoms with Gasteiger partial charge in [-0.3, -0.25) is 14.4 Å². The van der Waals surface area contributed by atoms with Crippen LogP contribution in [-0.4, -0.2) is 62.4 Å². The molecule has 0 saturated heterocycles. The molecule has 0 spiro atoms. The summed E-state index contributed by atoms with van der Waals surface area (Å²) < 4.78 is 46.3. The van der Waals surface area contributed by atoms with Crippen molar-refractivity contribution in [1.82, 2.24) is 10.2 Å². The molecule has 0 heterocycles. The van der Waals surface area contributed by atoms with E-state index in [1.165, 1.54) is 50.6 Å². The van der Waals surface area contributed by atoms with Crippen LogP contribution in [0.3, 0.4) is 0 Å². The Morgan fingerprint density at radius 2 is 1.85 bits per heavy atom. The number of anilines is 1. The number of likely N-dealkylation sites (N-methyl/N-ethyl adjacent to an activating group) is 1. The molecule has 0 aliphatic rings. The molecule has 3 N–H and O–H groups in total. The van der Waals surface area contributed by atoms with Crippen molar-refractivity contribution in [3.8, 4) is 11.5 Å². The fourth-order valence-corrected chi connectivity index (χ4v) is 3.25. The average molecular weight is 550 g/mol. The fraction of sp³-hybridized carbons (Fsp3) is 0.280. The third kappa shape index (κ3) is 9.25. The van der Waals surface area contributed by atoms with Crippen LogP contribution >= 0.6 is 0 Å². The summed E-state index contributed by atoms with van der Waals surface area (Å²) in [5.41, 5.74) is 7.63. The maximum absolute atomic E-state index is 13.1. The zero-order valence-electron chi connectivity index (χ0n) is 20.9. The number of hydrogen-bond donors (Lipinski definition) is 3. The Bertz CT molecular complexity index is 1220. The van der Waals surface area contributed by atoms with E-state index < -0.39 is 24.1 Å². The number of alkyl halides is 3. The summed E-state index contributed by atoms with van der Waals surface area (Å²) in [7, 11) is 2.83. The average Bonchev–Trinajstić information content (AvgIpc) is 2.92. The Morgan fingerprint density at radius 3 is 2.41 bits per heavy atom. The van der Waals surface area contributed by atoms with Crippen molar-refractivity contribution < 1.29 is 41.8 Å². The zero-order chi connectivity index (χ0) is 29.0. The van der Waals surface area contributed by atoms with Crippen LogP contribution in [0, 0.1) is 5.53 Å². The van der Waals surface area contributed by atoms with Crippen molar-refractivity contribution in [3.05, 3.63) is 65.5 Å². The van der Waals surface area contributed by atoms with Gasteiger partial charge in [0.2, 0.25) is 5.91 Å². The van der Waals surface area contributed by atoms with Crippen LogP contribution < -0.4 is 20.1 Å². The predicted molar refractivity (Wildman–Crippen MR) is 133 cm³/mol. The molecule has 0 aromatic heterocycles. The van der Waals surface area contributed by atoms with E-state index >= 15 is 0 Å². The van der Waals surface area contributed by atoms with Gasteiger partial charge in [-0.2, -0.15) is 5.11 Å². The summed E-state index contributed by atoms with van der Waals surface area (Å²) in [5, 5.41) is 8.50. The summed E-state index contributed by atoms with van der Waals surface area (Å²) >= 11 is 0. The number of benzene rings is 2. The van der Waals surface area contributed by atoms with Gasteiger partial charge >= 0.3 is 6.36 Å². The van der Waals surface area contributed by atoms with Gasteiger partial charge in [0.05, 0.1) is 17.2 Å². The standard InChI is InChI=1S/C25H26F3N5O6/c1-30-23(36)11-8-18(13-34)33(2)24(37)20-4-3-5-22(21(20)14-35)38-15-17(32-29)12-31-16-6-9-19(10-7-16)39-25(26,27)28/h3-7,9-10,12-14,18,29,31H,8,11,15H2,1-2H3,(H,30,36)/b17-12-,32-29?. The van der Waals surface area contributed by atoms with E-state index in [0.717, 1.165) is 17.0 Å². The molecule has 208 valence electrons. The van der Waals surface area contributed by atoms with Gasteiger partial charge in [0, 0.05) is 32.4 Å². The Hall–Kier alpha value is -4.75. The highest BCUT2D eigenvalue weighted by Gasteiger charge is 2.31. The lowest BCUT2D eigenvalue weighted by Gasteiger charge is -2.24. The predicted octanol–water partition coefficient (Wildman–Crippen LogP) is 3.93. The quantitative estimate of drug-likeness (QED) is 0.239. The molecule has 0 bridgehead atoms. The van der Waals surface area contributed by atoms with E-state index in [1.54, 1.807) is 0 Å². The third-order valence-electron chi connectivity index (χ3n) is 5.35. The molecule has 2 amide bonds. The Labute approximate surface area is 221 Å². The minimum absolute atomic E-state index is 0.0143. The number of halogens is 3. The first-order valence-electron chi connectivity index (χ1n) is 11.4. The lowest BCUT2D eigenvalue weighted by molar-refractivity contribution is -0.274. The summed E-state index contributed by atoms with van der Waals surface area (Å²) in [6.07, 6.45) is -2.48. The molecule has 0 aliphatic heterocycles. The van der Waals surface area contributed by atoms with Crippen LogP contribution in [0.1, 0.15) is 33.6 Å². The summed E-state index contributed by atoms with van der Waals surface area (Å²) in [5.74, 6) is -1.33. The van der Waals surface area contributed by atoms with Gasteiger partial charge in [0.1, 0.15) is 30.1 Å². The molecular formula is C25H26F3N5O6. The second kappa shape index (κ2) is 14.3. The molecule has 0 aliphatic carbocycles. The molecule has 14 heteroatoms. The van der Waals surface area contributed by atoms with E-state index in [9.17, 15) is 32.3 Å². The largest absolute Gasteiger partial charge is 0.573 e. The van der Waals surface area contributed by atoms with E-state index in [2.05, 4.69) is 20.5 Å².